The average molecular weight is 375 g/mol. The number of hydrogen-bond acceptors (Lipinski definition) is 5. The van der Waals surface area contributed by atoms with Crippen molar-refractivity contribution >= 4 is 17.4 Å². The van der Waals surface area contributed by atoms with Gasteiger partial charge in [-0.2, -0.15) is 0 Å². The molecule has 1 aromatic carbocycles. The van der Waals surface area contributed by atoms with Gasteiger partial charge < -0.3 is 19.7 Å². The molecule has 26 heavy (non-hydrogen) atoms. The van der Waals surface area contributed by atoms with Gasteiger partial charge in [0.15, 0.2) is 0 Å². The summed E-state index contributed by atoms with van der Waals surface area (Å²) in [6.07, 6.45) is 0.808. The molecule has 2 aromatic rings. The van der Waals surface area contributed by atoms with Crippen LogP contribution in [0.4, 0.5) is 4.79 Å². The first kappa shape index (κ1) is 18.9. The molecule has 6 heteroatoms. The van der Waals surface area contributed by atoms with Crippen LogP contribution in [0.1, 0.15) is 22.2 Å². The van der Waals surface area contributed by atoms with E-state index in [4.69, 9.17) is 9.47 Å². The minimum absolute atomic E-state index is 0.00127. The van der Waals surface area contributed by atoms with Crippen LogP contribution in [-0.2, 0) is 29.0 Å². The Hall–Kier alpha value is -1.89. The van der Waals surface area contributed by atoms with E-state index in [0.717, 1.165) is 25.1 Å². The van der Waals surface area contributed by atoms with Gasteiger partial charge in [0.1, 0.15) is 6.61 Å². The number of carbonyl (C=O) groups excluding carboxylic acids is 1. The van der Waals surface area contributed by atoms with Gasteiger partial charge >= 0.3 is 6.09 Å². The van der Waals surface area contributed by atoms with Crippen molar-refractivity contribution in [1.82, 2.24) is 10.2 Å². The quantitative estimate of drug-likeness (QED) is 0.807. The topological polar surface area (TPSA) is 50.8 Å². The van der Waals surface area contributed by atoms with Crippen molar-refractivity contribution in [3.05, 3.63) is 57.8 Å². The second-order valence-corrected chi connectivity index (χ2v) is 7.58. The highest BCUT2D eigenvalue weighted by molar-refractivity contribution is 7.11. The van der Waals surface area contributed by atoms with E-state index in [9.17, 15) is 4.79 Å². The number of benzene rings is 1. The first-order valence-corrected chi connectivity index (χ1v) is 9.91. The smallest absolute Gasteiger partial charge is 0.410 e. The van der Waals surface area contributed by atoms with E-state index in [1.54, 1.807) is 4.90 Å². The van der Waals surface area contributed by atoms with Crippen LogP contribution < -0.4 is 5.32 Å². The molecule has 1 aliphatic heterocycles. The molecule has 3 rings (SSSR count). The molecule has 1 amide bonds. The van der Waals surface area contributed by atoms with Gasteiger partial charge in [0.2, 0.25) is 0 Å². The maximum Gasteiger partial charge on any atom is 0.410 e. The third-order valence-corrected chi connectivity index (χ3v) is 5.57. The molecular formula is C20H26N2O3S. The van der Waals surface area contributed by atoms with Gasteiger partial charge in [0.25, 0.3) is 0 Å². The number of hydrogen-bond donors (Lipinski definition) is 1. The van der Waals surface area contributed by atoms with E-state index >= 15 is 0 Å². The summed E-state index contributed by atoms with van der Waals surface area (Å²) < 4.78 is 11.2. The SMILES string of the molecule is CCc1ccc(CNCC2CN(C(=O)OCc3ccccc3)CCO2)s1. The summed E-state index contributed by atoms with van der Waals surface area (Å²) >= 11 is 1.84. The number of nitrogens with one attached hydrogen (secondary N) is 1. The summed E-state index contributed by atoms with van der Waals surface area (Å²) in [5.41, 5.74) is 0.995. The lowest BCUT2D eigenvalue weighted by Gasteiger charge is -2.32. The highest BCUT2D eigenvalue weighted by Crippen LogP contribution is 2.16. The lowest BCUT2D eigenvalue weighted by atomic mass is 10.2. The largest absolute Gasteiger partial charge is 0.445 e. The number of carbonyl (C=O) groups is 1. The standard InChI is InChI=1S/C20H26N2O3S/c1-2-18-8-9-19(26-18)13-21-12-17-14-22(10-11-24-17)20(23)25-15-16-6-4-3-5-7-16/h3-9,17,21H,2,10-15H2,1H3. The molecule has 1 aromatic heterocycles. The first-order valence-electron chi connectivity index (χ1n) is 9.10. The molecule has 1 unspecified atom stereocenters. The summed E-state index contributed by atoms with van der Waals surface area (Å²) in [6.45, 7) is 5.72. The van der Waals surface area contributed by atoms with Crippen LogP contribution in [0, 0.1) is 0 Å². The molecule has 0 aliphatic carbocycles. The Kier molecular flexibility index (Phi) is 7.05. The molecule has 1 fully saturated rings. The van der Waals surface area contributed by atoms with Crippen molar-refractivity contribution < 1.29 is 14.3 Å². The summed E-state index contributed by atoms with van der Waals surface area (Å²) in [7, 11) is 0. The summed E-state index contributed by atoms with van der Waals surface area (Å²) in [4.78, 5) is 16.7. The van der Waals surface area contributed by atoms with Crippen molar-refractivity contribution in [2.75, 3.05) is 26.2 Å². The Morgan fingerprint density at radius 1 is 1.27 bits per heavy atom. The molecule has 1 atom stereocenters. The maximum absolute atomic E-state index is 12.3. The highest BCUT2D eigenvalue weighted by atomic mass is 32.1. The Morgan fingerprint density at radius 3 is 2.85 bits per heavy atom. The highest BCUT2D eigenvalue weighted by Gasteiger charge is 2.25. The fourth-order valence-corrected chi connectivity index (χ4v) is 3.81. The molecule has 0 spiro atoms. The Bertz CT molecular complexity index is 689. The monoisotopic (exact) mass is 374 g/mol. The van der Waals surface area contributed by atoms with Crippen molar-refractivity contribution in [1.29, 1.82) is 0 Å². The van der Waals surface area contributed by atoms with E-state index in [1.165, 1.54) is 9.75 Å². The van der Waals surface area contributed by atoms with E-state index in [-0.39, 0.29) is 12.2 Å². The molecule has 0 radical (unpaired) electrons. The number of rotatable bonds is 7. The lowest BCUT2D eigenvalue weighted by molar-refractivity contribution is -0.0271. The third-order valence-electron chi connectivity index (χ3n) is 4.34. The summed E-state index contributed by atoms with van der Waals surface area (Å²) in [5.74, 6) is 0. The minimum atomic E-state index is -0.270. The van der Waals surface area contributed by atoms with Crippen molar-refractivity contribution in [2.24, 2.45) is 0 Å². The second-order valence-electron chi connectivity index (χ2n) is 6.33. The van der Waals surface area contributed by atoms with Crippen LogP contribution in [0.2, 0.25) is 0 Å². The number of ether oxygens (including phenoxy) is 2. The molecule has 0 saturated carbocycles. The Morgan fingerprint density at radius 2 is 2.08 bits per heavy atom. The number of aryl methyl sites for hydroxylation is 1. The van der Waals surface area contributed by atoms with Crippen molar-refractivity contribution in [3.63, 3.8) is 0 Å². The molecule has 0 bridgehead atoms. The van der Waals surface area contributed by atoms with E-state index in [0.29, 0.717) is 26.3 Å². The third kappa shape index (κ3) is 5.56. The van der Waals surface area contributed by atoms with E-state index in [1.807, 2.05) is 41.7 Å². The zero-order chi connectivity index (χ0) is 18.2. The minimum Gasteiger partial charge on any atom is -0.445 e. The molecule has 1 N–H and O–H groups in total. The second kappa shape index (κ2) is 9.71. The van der Waals surface area contributed by atoms with Gasteiger partial charge in [-0.25, -0.2) is 4.79 Å². The average Bonchev–Trinajstić information content (AvgIpc) is 3.15. The molecule has 1 saturated heterocycles. The van der Waals surface area contributed by atoms with Crippen LogP contribution in [0.25, 0.3) is 0 Å². The fraction of sp³-hybridized carbons (Fsp3) is 0.450. The lowest BCUT2D eigenvalue weighted by Crippen LogP contribution is -2.49. The van der Waals surface area contributed by atoms with Gasteiger partial charge in [0, 0.05) is 29.4 Å². The van der Waals surface area contributed by atoms with E-state index < -0.39 is 0 Å². The zero-order valence-corrected chi connectivity index (χ0v) is 16.0. The number of morpholine rings is 1. The zero-order valence-electron chi connectivity index (χ0n) is 15.1. The maximum atomic E-state index is 12.3. The fourth-order valence-electron chi connectivity index (χ4n) is 2.88. The molecule has 5 nitrogen and oxygen atoms in total. The van der Waals surface area contributed by atoms with Crippen molar-refractivity contribution in [2.45, 2.75) is 32.6 Å². The van der Waals surface area contributed by atoms with Gasteiger partial charge in [-0.1, -0.05) is 37.3 Å². The van der Waals surface area contributed by atoms with Crippen molar-refractivity contribution in [3.8, 4) is 0 Å². The Balaban J connectivity index is 1.39. The van der Waals surface area contributed by atoms with Crippen LogP contribution in [0.5, 0.6) is 0 Å². The molecule has 2 heterocycles. The van der Waals surface area contributed by atoms with E-state index in [2.05, 4.69) is 24.4 Å². The normalized spacial score (nSPS) is 17.3. The van der Waals surface area contributed by atoms with Crippen LogP contribution in [-0.4, -0.2) is 43.3 Å². The van der Waals surface area contributed by atoms with Gasteiger partial charge in [-0.3, -0.25) is 0 Å². The summed E-state index contributed by atoms with van der Waals surface area (Å²) in [6, 6.07) is 14.1. The van der Waals surface area contributed by atoms with Gasteiger partial charge in [-0.05, 0) is 24.1 Å². The number of nitrogens with zero attached hydrogens (tertiary/aromatic N) is 1. The predicted octanol–water partition coefficient (Wildman–Crippen LogP) is 3.44. The predicted molar refractivity (Wildman–Crippen MR) is 103 cm³/mol. The Labute approximate surface area is 158 Å². The molecule has 1 aliphatic rings. The van der Waals surface area contributed by atoms with Gasteiger partial charge in [0.05, 0.1) is 19.3 Å². The van der Waals surface area contributed by atoms with Crippen LogP contribution >= 0.6 is 11.3 Å². The number of amides is 1. The van der Waals surface area contributed by atoms with Crippen LogP contribution in [0.15, 0.2) is 42.5 Å². The molecular weight excluding hydrogens is 348 g/mol. The molecule has 140 valence electrons. The van der Waals surface area contributed by atoms with Crippen LogP contribution in [0.3, 0.4) is 0 Å². The first-order chi connectivity index (χ1) is 12.7. The van der Waals surface area contributed by atoms with Gasteiger partial charge in [-0.15, -0.1) is 11.3 Å². The summed E-state index contributed by atoms with van der Waals surface area (Å²) in [5, 5.41) is 3.43. The number of thiophene rings is 1.